The summed E-state index contributed by atoms with van der Waals surface area (Å²) in [6.07, 6.45) is 0.729. The summed E-state index contributed by atoms with van der Waals surface area (Å²) in [5.74, 6) is -0.954. The quantitative estimate of drug-likeness (QED) is 0.827. The smallest absolute Gasteiger partial charge is 0.335 e. The lowest BCUT2D eigenvalue weighted by atomic mass is 10.0. The van der Waals surface area contributed by atoms with Crippen LogP contribution in [0.15, 0.2) is 40.2 Å². The van der Waals surface area contributed by atoms with Gasteiger partial charge in [-0.25, -0.2) is 4.79 Å². The standard InChI is InChI=1S/C16H16BrNO3S/c1-18(10-12-7-8-14(17)22-12)15(19)9-6-11-4-2-3-5-13(11)16(20)21/h2-5,7-8H,6,9-10H2,1H3,(H,20,21). The molecule has 2 aromatic rings. The Labute approximate surface area is 141 Å². The number of benzene rings is 1. The van der Waals surface area contributed by atoms with Crippen LogP contribution in [0, 0.1) is 0 Å². The fourth-order valence-corrected chi connectivity index (χ4v) is 3.67. The van der Waals surface area contributed by atoms with Crippen molar-refractivity contribution < 1.29 is 14.7 Å². The summed E-state index contributed by atoms with van der Waals surface area (Å²) in [5.41, 5.74) is 0.954. The van der Waals surface area contributed by atoms with Gasteiger partial charge in [0.2, 0.25) is 5.91 Å². The molecule has 0 spiro atoms. The Hall–Kier alpha value is -1.66. The fourth-order valence-electron chi connectivity index (χ4n) is 2.14. The molecule has 0 fully saturated rings. The third-order valence-electron chi connectivity index (χ3n) is 3.30. The molecule has 116 valence electrons. The first kappa shape index (κ1) is 16.7. The van der Waals surface area contributed by atoms with E-state index in [1.165, 1.54) is 0 Å². The molecule has 0 saturated heterocycles. The first-order valence-corrected chi connectivity index (χ1v) is 8.37. The maximum Gasteiger partial charge on any atom is 0.335 e. The Morgan fingerprint density at radius 1 is 1.23 bits per heavy atom. The van der Waals surface area contributed by atoms with Gasteiger partial charge in [-0.15, -0.1) is 11.3 Å². The van der Waals surface area contributed by atoms with Crippen LogP contribution in [-0.2, 0) is 17.8 Å². The van der Waals surface area contributed by atoms with E-state index in [4.69, 9.17) is 5.11 Å². The average molecular weight is 382 g/mol. The van der Waals surface area contributed by atoms with Gasteiger partial charge in [0.15, 0.2) is 0 Å². The molecular formula is C16H16BrNO3S. The van der Waals surface area contributed by atoms with Crippen LogP contribution in [0.3, 0.4) is 0 Å². The molecule has 0 unspecified atom stereocenters. The number of amides is 1. The van der Waals surface area contributed by atoms with E-state index in [-0.39, 0.29) is 11.5 Å². The van der Waals surface area contributed by atoms with E-state index in [0.29, 0.717) is 24.9 Å². The second-order valence-electron chi connectivity index (χ2n) is 4.92. The van der Waals surface area contributed by atoms with Gasteiger partial charge in [-0.05, 0) is 46.1 Å². The molecule has 1 heterocycles. The third kappa shape index (κ3) is 4.42. The van der Waals surface area contributed by atoms with Crippen molar-refractivity contribution in [2.75, 3.05) is 7.05 Å². The van der Waals surface area contributed by atoms with E-state index >= 15 is 0 Å². The SMILES string of the molecule is CN(Cc1ccc(Br)s1)C(=O)CCc1ccccc1C(=O)O. The van der Waals surface area contributed by atoms with Crippen LogP contribution in [0.2, 0.25) is 0 Å². The zero-order valence-electron chi connectivity index (χ0n) is 12.1. The number of carboxylic acids is 1. The van der Waals surface area contributed by atoms with Gasteiger partial charge in [0.05, 0.1) is 15.9 Å². The van der Waals surface area contributed by atoms with Gasteiger partial charge in [0.1, 0.15) is 0 Å². The lowest BCUT2D eigenvalue weighted by Crippen LogP contribution is -2.26. The summed E-state index contributed by atoms with van der Waals surface area (Å²) in [6.45, 7) is 0.565. The first-order chi connectivity index (χ1) is 10.5. The Balaban J connectivity index is 1.93. The van der Waals surface area contributed by atoms with Crippen molar-refractivity contribution in [2.45, 2.75) is 19.4 Å². The van der Waals surface area contributed by atoms with Crippen molar-refractivity contribution in [1.29, 1.82) is 0 Å². The van der Waals surface area contributed by atoms with Gasteiger partial charge in [0, 0.05) is 18.3 Å². The lowest BCUT2D eigenvalue weighted by Gasteiger charge is -2.16. The number of carbonyl (C=O) groups is 2. The van der Waals surface area contributed by atoms with E-state index < -0.39 is 5.97 Å². The van der Waals surface area contributed by atoms with Crippen molar-refractivity contribution in [2.24, 2.45) is 0 Å². The summed E-state index contributed by atoms with van der Waals surface area (Å²) in [4.78, 5) is 26.1. The number of halogens is 1. The number of nitrogens with zero attached hydrogens (tertiary/aromatic N) is 1. The molecule has 1 aromatic carbocycles. The Kier molecular flexibility index (Phi) is 5.74. The predicted molar refractivity (Wildman–Crippen MR) is 90.2 cm³/mol. The van der Waals surface area contributed by atoms with Gasteiger partial charge < -0.3 is 10.0 Å². The number of carbonyl (C=O) groups excluding carboxylic acids is 1. The van der Waals surface area contributed by atoms with Gasteiger partial charge in [-0.3, -0.25) is 4.79 Å². The number of thiophene rings is 1. The van der Waals surface area contributed by atoms with E-state index in [0.717, 1.165) is 8.66 Å². The fraction of sp³-hybridized carbons (Fsp3) is 0.250. The van der Waals surface area contributed by atoms with E-state index in [1.807, 2.05) is 12.1 Å². The molecule has 22 heavy (non-hydrogen) atoms. The van der Waals surface area contributed by atoms with E-state index in [2.05, 4.69) is 15.9 Å². The molecule has 0 saturated carbocycles. The predicted octanol–water partition coefficient (Wildman–Crippen LogP) is 3.80. The molecule has 0 bridgehead atoms. The average Bonchev–Trinajstić information content (AvgIpc) is 2.90. The number of rotatable bonds is 6. The summed E-state index contributed by atoms with van der Waals surface area (Å²) >= 11 is 5.00. The van der Waals surface area contributed by atoms with Crippen molar-refractivity contribution in [3.05, 3.63) is 56.2 Å². The van der Waals surface area contributed by atoms with Gasteiger partial charge in [-0.1, -0.05) is 18.2 Å². The second kappa shape index (κ2) is 7.56. The van der Waals surface area contributed by atoms with Crippen LogP contribution in [-0.4, -0.2) is 28.9 Å². The zero-order chi connectivity index (χ0) is 16.1. The number of hydrogen-bond donors (Lipinski definition) is 1. The maximum absolute atomic E-state index is 12.2. The van der Waals surface area contributed by atoms with Gasteiger partial charge in [-0.2, -0.15) is 0 Å². The van der Waals surface area contributed by atoms with Crippen LogP contribution in [0.5, 0.6) is 0 Å². The molecule has 0 radical (unpaired) electrons. The molecule has 4 nitrogen and oxygen atoms in total. The van der Waals surface area contributed by atoms with Crippen LogP contribution in [0.4, 0.5) is 0 Å². The molecule has 1 amide bonds. The monoisotopic (exact) mass is 381 g/mol. The highest BCUT2D eigenvalue weighted by Gasteiger charge is 2.14. The van der Waals surface area contributed by atoms with Crippen LogP contribution in [0.1, 0.15) is 27.2 Å². The molecular weight excluding hydrogens is 366 g/mol. The third-order valence-corrected chi connectivity index (χ3v) is 4.91. The van der Waals surface area contributed by atoms with Gasteiger partial charge >= 0.3 is 5.97 Å². The van der Waals surface area contributed by atoms with E-state index in [9.17, 15) is 9.59 Å². The molecule has 0 aliphatic carbocycles. The molecule has 0 aliphatic rings. The van der Waals surface area contributed by atoms with Crippen molar-refractivity contribution in [3.63, 3.8) is 0 Å². The minimum absolute atomic E-state index is 0.00437. The highest BCUT2D eigenvalue weighted by Crippen LogP contribution is 2.23. The maximum atomic E-state index is 12.2. The Bertz CT molecular complexity index is 684. The number of aromatic carboxylic acids is 1. The number of carboxylic acid groups (broad SMARTS) is 1. The summed E-state index contributed by atoms with van der Waals surface area (Å²) in [7, 11) is 1.76. The van der Waals surface area contributed by atoms with Crippen LogP contribution < -0.4 is 0 Å². The Morgan fingerprint density at radius 2 is 1.95 bits per heavy atom. The number of aryl methyl sites for hydroxylation is 1. The summed E-state index contributed by atoms with van der Waals surface area (Å²) in [5, 5.41) is 9.14. The van der Waals surface area contributed by atoms with Gasteiger partial charge in [0.25, 0.3) is 0 Å². The van der Waals surface area contributed by atoms with Crippen LogP contribution >= 0.6 is 27.3 Å². The lowest BCUT2D eigenvalue weighted by molar-refractivity contribution is -0.130. The Morgan fingerprint density at radius 3 is 2.59 bits per heavy atom. The highest BCUT2D eigenvalue weighted by atomic mass is 79.9. The molecule has 0 atom stereocenters. The molecule has 1 N–H and O–H groups in total. The molecule has 0 aliphatic heterocycles. The molecule has 6 heteroatoms. The minimum atomic E-state index is -0.958. The second-order valence-corrected chi connectivity index (χ2v) is 7.47. The topological polar surface area (TPSA) is 57.6 Å². The van der Waals surface area contributed by atoms with Crippen molar-refractivity contribution >= 4 is 39.1 Å². The highest BCUT2D eigenvalue weighted by molar-refractivity contribution is 9.11. The largest absolute Gasteiger partial charge is 0.478 e. The molecule has 2 rings (SSSR count). The van der Waals surface area contributed by atoms with Crippen LogP contribution in [0.25, 0.3) is 0 Å². The molecule has 1 aromatic heterocycles. The van der Waals surface area contributed by atoms with Crippen molar-refractivity contribution in [3.8, 4) is 0 Å². The van der Waals surface area contributed by atoms with Crippen molar-refractivity contribution in [1.82, 2.24) is 4.90 Å². The minimum Gasteiger partial charge on any atom is -0.478 e. The normalized spacial score (nSPS) is 10.5. The van der Waals surface area contributed by atoms with E-state index in [1.54, 1.807) is 47.5 Å². The summed E-state index contributed by atoms with van der Waals surface area (Å²) < 4.78 is 1.04. The zero-order valence-corrected chi connectivity index (χ0v) is 14.5. The summed E-state index contributed by atoms with van der Waals surface area (Å²) in [6, 6.07) is 10.7. The first-order valence-electron chi connectivity index (χ1n) is 6.76. The number of hydrogen-bond acceptors (Lipinski definition) is 3.